The van der Waals surface area contributed by atoms with Gasteiger partial charge in [0.05, 0.1) is 5.69 Å². The van der Waals surface area contributed by atoms with Crippen LogP contribution >= 0.6 is 0 Å². The second-order valence-electron chi connectivity index (χ2n) is 6.84. The number of nitrogens with zero attached hydrogens (tertiary/aromatic N) is 4. The van der Waals surface area contributed by atoms with Crippen molar-refractivity contribution in [3.05, 3.63) is 84.8 Å². The first-order valence-electron chi connectivity index (χ1n) is 9.25. The summed E-state index contributed by atoms with van der Waals surface area (Å²) < 4.78 is 1.88. The standard InChI is InChI=1S/C23H21N5O/c1-27(2)20-11-4-17(5-12-20)6-13-22(29)25-19-9-7-18(8-10-19)21-16-28-15-3-14-24-23(28)26-21/h3-16H,1-2H3,(H,25,29)/b13-6+. The van der Waals surface area contributed by atoms with Crippen LogP contribution in [0.2, 0.25) is 0 Å². The van der Waals surface area contributed by atoms with Crippen LogP contribution in [0.25, 0.3) is 23.1 Å². The maximum absolute atomic E-state index is 12.2. The molecule has 0 radical (unpaired) electrons. The van der Waals surface area contributed by atoms with E-state index in [0.29, 0.717) is 5.78 Å². The topological polar surface area (TPSA) is 62.5 Å². The van der Waals surface area contributed by atoms with Gasteiger partial charge in [-0.2, -0.15) is 0 Å². The number of nitrogens with one attached hydrogen (secondary N) is 1. The summed E-state index contributed by atoms with van der Waals surface area (Å²) in [5.41, 5.74) is 4.62. The molecule has 0 aliphatic heterocycles. The molecule has 0 aliphatic carbocycles. The molecule has 0 unspecified atom stereocenters. The van der Waals surface area contributed by atoms with Gasteiger partial charge in [0.2, 0.25) is 11.7 Å². The van der Waals surface area contributed by atoms with Gasteiger partial charge in [0, 0.05) is 55.7 Å². The van der Waals surface area contributed by atoms with Crippen LogP contribution in [0.3, 0.4) is 0 Å². The summed E-state index contributed by atoms with van der Waals surface area (Å²) in [6.45, 7) is 0. The highest BCUT2D eigenvalue weighted by Crippen LogP contribution is 2.21. The highest BCUT2D eigenvalue weighted by Gasteiger charge is 2.05. The van der Waals surface area contributed by atoms with E-state index in [0.717, 1.165) is 28.2 Å². The normalized spacial score (nSPS) is 11.1. The third-order valence-corrected chi connectivity index (χ3v) is 4.52. The van der Waals surface area contributed by atoms with Crippen molar-refractivity contribution in [1.29, 1.82) is 0 Å². The lowest BCUT2D eigenvalue weighted by Gasteiger charge is -2.11. The van der Waals surface area contributed by atoms with E-state index >= 15 is 0 Å². The van der Waals surface area contributed by atoms with Gasteiger partial charge in [0.25, 0.3) is 0 Å². The number of carbonyl (C=O) groups excluding carboxylic acids is 1. The SMILES string of the molecule is CN(C)c1ccc(/C=C/C(=O)Nc2ccc(-c3cn4cccnc4n3)cc2)cc1. The Morgan fingerprint density at radius 2 is 1.83 bits per heavy atom. The zero-order chi connectivity index (χ0) is 20.2. The lowest BCUT2D eigenvalue weighted by molar-refractivity contribution is -0.111. The molecule has 0 saturated heterocycles. The molecule has 144 valence electrons. The molecule has 0 spiro atoms. The minimum atomic E-state index is -0.175. The van der Waals surface area contributed by atoms with Gasteiger partial charge < -0.3 is 10.2 Å². The fourth-order valence-electron chi connectivity index (χ4n) is 2.93. The van der Waals surface area contributed by atoms with Crippen LogP contribution in [0.5, 0.6) is 0 Å². The summed E-state index contributed by atoms with van der Waals surface area (Å²) in [7, 11) is 3.99. The molecule has 1 amide bonds. The first-order chi connectivity index (χ1) is 14.1. The third kappa shape index (κ3) is 4.32. The molecule has 0 aliphatic rings. The van der Waals surface area contributed by atoms with Gasteiger partial charge in [-0.05, 0) is 42.0 Å². The Balaban J connectivity index is 1.40. The maximum Gasteiger partial charge on any atom is 0.248 e. The smallest absolute Gasteiger partial charge is 0.248 e. The van der Waals surface area contributed by atoms with Gasteiger partial charge >= 0.3 is 0 Å². The summed E-state index contributed by atoms with van der Waals surface area (Å²) in [5, 5.41) is 2.88. The van der Waals surface area contributed by atoms with Gasteiger partial charge in [-0.15, -0.1) is 0 Å². The average molecular weight is 383 g/mol. The van der Waals surface area contributed by atoms with E-state index in [1.165, 1.54) is 6.08 Å². The summed E-state index contributed by atoms with van der Waals surface area (Å²) in [6, 6.07) is 17.5. The number of amides is 1. The van der Waals surface area contributed by atoms with Crippen molar-refractivity contribution >= 4 is 29.1 Å². The molecule has 2 aromatic carbocycles. The Bertz CT molecular complexity index is 1130. The number of hydrogen-bond donors (Lipinski definition) is 1. The van der Waals surface area contributed by atoms with E-state index in [-0.39, 0.29) is 5.91 Å². The number of hydrogen-bond acceptors (Lipinski definition) is 4. The molecule has 0 saturated carbocycles. The minimum absolute atomic E-state index is 0.175. The summed E-state index contributed by atoms with van der Waals surface area (Å²) >= 11 is 0. The summed E-state index contributed by atoms with van der Waals surface area (Å²) in [6.07, 6.45) is 8.89. The second-order valence-corrected chi connectivity index (χ2v) is 6.84. The number of anilines is 2. The van der Waals surface area contributed by atoms with Crippen LogP contribution in [-0.2, 0) is 4.79 Å². The number of imidazole rings is 1. The average Bonchev–Trinajstić information content (AvgIpc) is 3.17. The molecule has 0 atom stereocenters. The molecule has 6 heteroatoms. The Labute approximate surface area is 169 Å². The molecular weight excluding hydrogens is 362 g/mol. The van der Waals surface area contributed by atoms with Crippen molar-refractivity contribution in [2.45, 2.75) is 0 Å². The molecule has 2 heterocycles. The largest absolute Gasteiger partial charge is 0.378 e. The van der Waals surface area contributed by atoms with Crippen LogP contribution in [0, 0.1) is 0 Å². The van der Waals surface area contributed by atoms with Gasteiger partial charge in [-0.1, -0.05) is 24.3 Å². The predicted molar refractivity (Wildman–Crippen MR) is 117 cm³/mol. The van der Waals surface area contributed by atoms with Crippen LogP contribution in [0.1, 0.15) is 5.56 Å². The van der Waals surface area contributed by atoms with Crippen molar-refractivity contribution in [2.24, 2.45) is 0 Å². The van der Waals surface area contributed by atoms with Gasteiger partial charge in [0.1, 0.15) is 0 Å². The highest BCUT2D eigenvalue weighted by molar-refractivity contribution is 6.02. The summed E-state index contributed by atoms with van der Waals surface area (Å²) in [5.74, 6) is 0.481. The number of rotatable bonds is 5. The van der Waals surface area contributed by atoms with Crippen LogP contribution in [0.4, 0.5) is 11.4 Å². The van der Waals surface area contributed by atoms with Crippen molar-refractivity contribution < 1.29 is 4.79 Å². The van der Waals surface area contributed by atoms with E-state index < -0.39 is 0 Å². The van der Waals surface area contributed by atoms with E-state index in [4.69, 9.17) is 0 Å². The zero-order valence-corrected chi connectivity index (χ0v) is 16.3. The highest BCUT2D eigenvalue weighted by atomic mass is 16.1. The monoisotopic (exact) mass is 383 g/mol. The van der Waals surface area contributed by atoms with Crippen LogP contribution in [0.15, 0.2) is 79.3 Å². The quantitative estimate of drug-likeness (QED) is 0.527. The summed E-state index contributed by atoms with van der Waals surface area (Å²) in [4.78, 5) is 23.0. The van der Waals surface area contributed by atoms with Crippen LogP contribution in [-0.4, -0.2) is 34.4 Å². The van der Waals surface area contributed by atoms with Gasteiger partial charge in [0.15, 0.2) is 0 Å². The Morgan fingerprint density at radius 3 is 2.52 bits per heavy atom. The first kappa shape index (κ1) is 18.4. The molecular formula is C23H21N5O. The maximum atomic E-state index is 12.2. The molecule has 2 aromatic heterocycles. The third-order valence-electron chi connectivity index (χ3n) is 4.52. The molecule has 4 aromatic rings. The number of benzene rings is 2. The molecule has 29 heavy (non-hydrogen) atoms. The molecule has 0 bridgehead atoms. The first-order valence-corrected chi connectivity index (χ1v) is 9.25. The van der Waals surface area contributed by atoms with Crippen molar-refractivity contribution in [3.63, 3.8) is 0 Å². The number of fused-ring (bicyclic) bond motifs is 1. The Kier molecular flexibility index (Phi) is 5.07. The lowest BCUT2D eigenvalue weighted by atomic mass is 10.1. The minimum Gasteiger partial charge on any atom is -0.378 e. The molecule has 4 rings (SSSR count). The Hall–Kier alpha value is -3.93. The van der Waals surface area contributed by atoms with Crippen molar-refractivity contribution in [3.8, 4) is 11.3 Å². The molecule has 6 nitrogen and oxygen atoms in total. The van der Waals surface area contributed by atoms with Gasteiger partial charge in [-0.3, -0.25) is 9.20 Å². The second kappa shape index (κ2) is 7.98. The van der Waals surface area contributed by atoms with Crippen molar-refractivity contribution in [2.75, 3.05) is 24.3 Å². The van der Waals surface area contributed by atoms with E-state index in [1.807, 2.05) is 90.4 Å². The van der Waals surface area contributed by atoms with E-state index in [9.17, 15) is 4.79 Å². The number of aromatic nitrogens is 3. The van der Waals surface area contributed by atoms with Crippen molar-refractivity contribution in [1.82, 2.24) is 14.4 Å². The fourth-order valence-corrected chi connectivity index (χ4v) is 2.93. The van der Waals surface area contributed by atoms with Gasteiger partial charge in [-0.25, -0.2) is 9.97 Å². The molecule has 1 N–H and O–H groups in total. The lowest BCUT2D eigenvalue weighted by Crippen LogP contribution is -2.08. The zero-order valence-electron chi connectivity index (χ0n) is 16.3. The number of carbonyl (C=O) groups is 1. The Morgan fingerprint density at radius 1 is 1.07 bits per heavy atom. The van der Waals surface area contributed by atoms with E-state index in [2.05, 4.69) is 15.3 Å². The predicted octanol–water partition coefficient (Wildman–Crippen LogP) is 4.11. The fraction of sp³-hybridized carbons (Fsp3) is 0.0870. The van der Waals surface area contributed by atoms with E-state index in [1.54, 1.807) is 12.3 Å². The van der Waals surface area contributed by atoms with Crippen LogP contribution < -0.4 is 10.2 Å². The molecule has 0 fully saturated rings.